The van der Waals surface area contributed by atoms with Crippen molar-refractivity contribution >= 4 is 11.9 Å². The Kier molecular flexibility index (Phi) is 6.75. The van der Waals surface area contributed by atoms with Crippen LogP contribution in [0.25, 0.3) is 0 Å². The van der Waals surface area contributed by atoms with Crippen LogP contribution in [0.5, 0.6) is 5.75 Å². The van der Waals surface area contributed by atoms with Crippen LogP contribution < -0.4 is 10.1 Å². The van der Waals surface area contributed by atoms with Gasteiger partial charge in [0.2, 0.25) is 0 Å². The second-order valence-corrected chi connectivity index (χ2v) is 6.36. The number of carbonyl (C=O) groups excluding carboxylic acids is 2. The van der Waals surface area contributed by atoms with Crippen LogP contribution in [0, 0.1) is 11.6 Å². The highest BCUT2D eigenvalue weighted by atomic mass is 19.1. The summed E-state index contributed by atoms with van der Waals surface area (Å²) in [4.78, 5) is 24.4. The number of ether oxygens (including phenoxy) is 2. The third-order valence-corrected chi connectivity index (χ3v) is 4.39. The monoisotopic (exact) mass is 411 g/mol. The molecule has 0 saturated heterocycles. The number of halogens is 2. The molecule has 3 rings (SSSR count). The number of nitrogens with one attached hydrogen (secondary N) is 1. The van der Waals surface area contributed by atoms with Crippen molar-refractivity contribution in [3.8, 4) is 5.75 Å². The Morgan fingerprint density at radius 1 is 0.867 bits per heavy atom. The third-order valence-electron chi connectivity index (χ3n) is 4.39. The Hall–Kier alpha value is -3.74. The smallest absolute Gasteiger partial charge is 0.344 e. The molecular formula is C23H19F2NO4. The molecule has 0 aromatic heterocycles. The summed E-state index contributed by atoms with van der Waals surface area (Å²) >= 11 is 0. The second-order valence-electron chi connectivity index (χ2n) is 6.36. The van der Waals surface area contributed by atoms with Gasteiger partial charge in [-0.3, -0.25) is 4.79 Å². The molecule has 0 bridgehead atoms. The average Bonchev–Trinajstić information content (AvgIpc) is 2.76. The van der Waals surface area contributed by atoms with Crippen LogP contribution in [-0.2, 0) is 9.53 Å². The summed E-state index contributed by atoms with van der Waals surface area (Å²) in [6.45, 7) is -0.688. The second kappa shape index (κ2) is 9.65. The molecule has 0 radical (unpaired) electrons. The van der Waals surface area contributed by atoms with Crippen molar-refractivity contribution in [1.82, 2.24) is 5.32 Å². The first-order chi connectivity index (χ1) is 14.5. The van der Waals surface area contributed by atoms with E-state index in [9.17, 15) is 18.4 Å². The SMILES string of the molecule is COc1ccc([C@H](NC(=O)COC(=O)c2c(F)cccc2F)c2ccccc2)cc1. The molecule has 0 spiro atoms. The van der Waals surface area contributed by atoms with Gasteiger partial charge in [0.25, 0.3) is 5.91 Å². The maximum absolute atomic E-state index is 13.7. The van der Waals surface area contributed by atoms with Crippen LogP contribution in [0.2, 0.25) is 0 Å². The van der Waals surface area contributed by atoms with Gasteiger partial charge in [0.05, 0.1) is 13.2 Å². The fraction of sp³-hybridized carbons (Fsp3) is 0.130. The quantitative estimate of drug-likeness (QED) is 0.596. The van der Waals surface area contributed by atoms with Crippen molar-refractivity contribution < 1.29 is 27.8 Å². The van der Waals surface area contributed by atoms with Gasteiger partial charge in [0, 0.05) is 0 Å². The first-order valence-corrected chi connectivity index (χ1v) is 9.09. The predicted molar refractivity (Wildman–Crippen MR) is 106 cm³/mol. The zero-order chi connectivity index (χ0) is 21.5. The Morgan fingerprint density at radius 2 is 1.47 bits per heavy atom. The molecule has 0 heterocycles. The summed E-state index contributed by atoms with van der Waals surface area (Å²) in [5.74, 6) is -3.31. The van der Waals surface area contributed by atoms with Gasteiger partial charge in [-0.15, -0.1) is 0 Å². The molecule has 30 heavy (non-hydrogen) atoms. The summed E-state index contributed by atoms with van der Waals surface area (Å²) in [5, 5.41) is 2.78. The Labute approximate surface area is 172 Å². The molecule has 0 aliphatic carbocycles. The Morgan fingerprint density at radius 3 is 2.07 bits per heavy atom. The summed E-state index contributed by atoms with van der Waals surface area (Å²) in [6.07, 6.45) is 0. The number of benzene rings is 3. The number of rotatable bonds is 7. The molecule has 0 fully saturated rings. The molecule has 0 aliphatic rings. The van der Waals surface area contributed by atoms with E-state index in [1.807, 2.05) is 30.3 Å². The Balaban J connectivity index is 1.72. The van der Waals surface area contributed by atoms with Gasteiger partial charge in [0.1, 0.15) is 22.9 Å². The van der Waals surface area contributed by atoms with Crippen molar-refractivity contribution in [3.63, 3.8) is 0 Å². The zero-order valence-corrected chi connectivity index (χ0v) is 16.1. The van der Waals surface area contributed by atoms with E-state index in [0.29, 0.717) is 5.75 Å². The lowest BCUT2D eigenvalue weighted by Gasteiger charge is -2.20. The number of methoxy groups -OCH3 is 1. The van der Waals surface area contributed by atoms with E-state index >= 15 is 0 Å². The number of hydrogen-bond donors (Lipinski definition) is 1. The highest BCUT2D eigenvalue weighted by molar-refractivity contribution is 5.91. The molecule has 154 valence electrons. The zero-order valence-electron chi connectivity index (χ0n) is 16.1. The highest BCUT2D eigenvalue weighted by Gasteiger charge is 2.21. The molecule has 3 aromatic rings. The van der Waals surface area contributed by atoms with Crippen LogP contribution in [0.4, 0.5) is 8.78 Å². The number of amides is 1. The molecular weight excluding hydrogens is 392 g/mol. The van der Waals surface area contributed by atoms with Crippen molar-refractivity contribution in [1.29, 1.82) is 0 Å². The van der Waals surface area contributed by atoms with Crippen molar-refractivity contribution in [2.45, 2.75) is 6.04 Å². The van der Waals surface area contributed by atoms with Gasteiger partial charge in [-0.1, -0.05) is 48.5 Å². The highest BCUT2D eigenvalue weighted by Crippen LogP contribution is 2.24. The minimum Gasteiger partial charge on any atom is -0.497 e. The van der Waals surface area contributed by atoms with Gasteiger partial charge < -0.3 is 14.8 Å². The number of hydrogen-bond acceptors (Lipinski definition) is 4. The summed E-state index contributed by atoms with van der Waals surface area (Å²) in [7, 11) is 1.55. The lowest BCUT2D eigenvalue weighted by molar-refractivity contribution is -0.124. The van der Waals surface area contributed by atoms with E-state index in [0.717, 1.165) is 29.3 Å². The average molecular weight is 411 g/mol. The standard InChI is InChI=1S/C23H19F2NO4/c1-29-17-12-10-16(11-13-17)22(15-6-3-2-4-7-15)26-20(27)14-30-23(28)21-18(24)8-5-9-19(21)25/h2-13,22H,14H2,1H3,(H,26,27)/t22-/m1/s1. The largest absolute Gasteiger partial charge is 0.497 e. The van der Waals surface area contributed by atoms with Crippen molar-refractivity contribution in [2.24, 2.45) is 0 Å². The molecule has 1 amide bonds. The van der Waals surface area contributed by atoms with Crippen molar-refractivity contribution in [3.05, 3.63) is 101 Å². The van der Waals surface area contributed by atoms with E-state index in [1.54, 1.807) is 31.4 Å². The third kappa shape index (κ3) is 5.00. The molecule has 0 saturated carbocycles. The maximum atomic E-state index is 13.7. The van der Waals surface area contributed by atoms with Crippen LogP contribution in [0.1, 0.15) is 27.5 Å². The van der Waals surface area contributed by atoms with E-state index in [2.05, 4.69) is 5.32 Å². The van der Waals surface area contributed by atoms with E-state index in [-0.39, 0.29) is 0 Å². The van der Waals surface area contributed by atoms with Crippen LogP contribution in [0.15, 0.2) is 72.8 Å². The summed E-state index contributed by atoms with van der Waals surface area (Å²) in [6, 6.07) is 18.8. The molecule has 7 heteroatoms. The van der Waals surface area contributed by atoms with Crippen LogP contribution in [-0.4, -0.2) is 25.6 Å². The lowest BCUT2D eigenvalue weighted by Crippen LogP contribution is -2.33. The predicted octanol–water partition coefficient (Wildman–Crippen LogP) is 4.04. The molecule has 5 nitrogen and oxygen atoms in total. The topological polar surface area (TPSA) is 64.6 Å². The molecule has 1 N–H and O–H groups in total. The molecule has 3 aromatic carbocycles. The van der Waals surface area contributed by atoms with Gasteiger partial charge in [0.15, 0.2) is 6.61 Å². The summed E-state index contributed by atoms with van der Waals surface area (Å²) < 4.78 is 37.3. The van der Waals surface area contributed by atoms with Gasteiger partial charge in [-0.25, -0.2) is 13.6 Å². The fourth-order valence-corrected chi connectivity index (χ4v) is 2.90. The van der Waals surface area contributed by atoms with Gasteiger partial charge in [-0.2, -0.15) is 0 Å². The van der Waals surface area contributed by atoms with Gasteiger partial charge >= 0.3 is 5.97 Å². The minimum absolute atomic E-state index is 0.520. The minimum atomic E-state index is -1.25. The maximum Gasteiger partial charge on any atom is 0.344 e. The van der Waals surface area contributed by atoms with Gasteiger partial charge in [-0.05, 0) is 35.4 Å². The molecule has 0 aliphatic heterocycles. The van der Waals surface area contributed by atoms with E-state index in [1.165, 1.54) is 0 Å². The van der Waals surface area contributed by atoms with Crippen LogP contribution >= 0.6 is 0 Å². The fourth-order valence-electron chi connectivity index (χ4n) is 2.90. The lowest BCUT2D eigenvalue weighted by atomic mass is 9.98. The van der Waals surface area contributed by atoms with Crippen molar-refractivity contribution in [2.75, 3.05) is 13.7 Å². The summed E-state index contributed by atoms with van der Waals surface area (Å²) in [5.41, 5.74) is 0.754. The Bertz CT molecular complexity index is 1000. The molecule has 1 atom stereocenters. The first-order valence-electron chi connectivity index (χ1n) is 9.09. The van der Waals surface area contributed by atoms with E-state index < -0.39 is 41.7 Å². The number of carbonyl (C=O) groups is 2. The van der Waals surface area contributed by atoms with Crippen LogP contribution in [0.3, 0.4) is 0 Å². The normalized spacial score (nSPS) is 11.4. The van der Waals surface area contributed by atoms with E-state index in [4.69, 9.17) is 9.47 Å². The number of esters is 1. The molecule has 0 unspecified atom stereocenters. The first kappa shape index (κ1) is 21.0.